The standard InChI is InChI=1S/C17H16N2O4/c1-2-23-15-9-12(5-8-14(15)20)16(17(21)22)19-13-6-3-11(10-18)4-7-13/h3-9,16,19-20H,2H2,1H3,(H,21,22)/p-1. The van der Waals surface area contributed by atoms with Gasteiger partial charge in [0.05, 0.1) is 30.3 Å². The summed E-state index contributed by atoms with van der Waals surface area (Å²) in [6.07, 6.45) is 0. The van der Waals surface area contributed by atoms with Gasteiger partial charge in [-0.25, -0.2) is 0 Å². The average molecular weight is 311 g/mol. The lowest BCUT2D eigenvalue weighted by Gasteiger charge is -2.22. The summed E-state index contributed by atoms with van der Waals surface area (Å²) in [5.41, 5.74) is 1.39. The maximum atomic E-state index is 11.5. The number of rotatable bonds is 6. The molecule has 0 saturated heterocycles. The smallest absolute Gasteiger partial charge is 0.161 e. The lowest BCUT2D eigenvalue weighted by molar-refractivity contribution is -0.307. The number of phenols is 1. The van der Waals surface area contributed by atoms with Gasteiger partial charge in [0.1, 0.15) is 0 Å². The average Bonchev–Trinajstić information content (AvgIpc) is 2.55. The van der Waals surface area contributed by atoms with E-state index in [9.17, 15) is 15.0 Å². The number of nitrogens with one attached hydrogen (secondary N) is 1. The third-order valence-corrected chi connectivity index (χ3v) is 3.18. The zero-order valence-corrected chi connectivity index (χ0v) is 12.4. The zero-order chi connectivity index (χ0) is 16.8. The predicted molar refractivity (Wildman–Crippen MR) is 81.8 cm³/mol. The molecule has 2 rings (SSSR count). The molecule has 2 aromatic carbocycles. The summed E-state index contributed by atoms with van der Waals surface area (Å²) in [7, 11) is 0. The SMILES string of the molecule is CCOc1cc(C(Nc2ccc(C#N)cc2)C(=O)[O-])ccc1O. The molecule has 0 bridgehead atoms. The van der Waals surface area contributed by atoms with Crippen LogP contribution in [0.3, 0.4) is 0 Å². The Hall–Kier alpha value is -3.20. The van der Waals surface area contributed by atoms with Crippen LogP contribution in [-0.4, -0.2) is 17.7 Å². The van der Waals surface area contributed by atoms with E-state index < -0.39 is 12.0 Å². The number of ether oxygens (including phenoxy) is 1. The first kappa shape index (κ1) is 16.2. The maximum absolute atomic E-state index is 11.5. The summed E-state index contributed by atoms with van der Waals surface area (Å²) in [4.78, 5) is 11.5. The summed E-state index contributed by atoms with van der Waals surface area (Å²) >= 11 is 0. The van der Waals surface area contributed by atoms with E-state index >= 15 is 0 Å². The molecular formula is C17H15N2O4-. The van der Waals surface area contributed by atoms with E-state index in [0.29, 0.717) is 23.4 Å². The minimum atomic E-state index is -1.32. The minimum absolute atomic E-state index is 0.0638. The maximum Gasteiger partial charge on any atom is 0.161 e. The van der Waals surface area contributed by atoms with E-state index in [-0.39, 0.29) is 11.5 Å². The van der Waals surface area contributed by atoms with Crippen molar-refractivity contribution in [2.45, 2.75) is 13.0 Å². The number of carboxylic acids is 1. The van der Waals surface area contributed by atoms with Crippen LogP contribution in [0.5, 0.6) is 11.5 Å². The summed E-state index contributed by atoms with van der Waals surface area (Å²) in [5.74, 6) is -1.17. The number of benzene rings is 2. The van der Waals surface area contributed by atoms with E-state index in [1.165, 1.54) is 18.2 Å². The van der Waals surface area contributed by atoms with Gasteiger partial charge in [0.2, 0.25) is 0 Å². The molecule has 0 aromatic heterocycles. The largest absolute Gasteiger partial charge is 0.548 e. The minimum Gasteiger partial charge on any atom is -0.548 e. The van der Waals surface area contributed by atoms with Crippen LogP contribution >= 0.6 is 0 Å². The van der Waals surface area contributed by atoms with Crippen molar-refractivity contribution in [3.05, 3.63) is 53.6 Å². The fraction of sp³-hybridized carbons (Fsp3) is 0.176. The van der Waals surface area contributed by atoms with Crippen LogP contribution in [0.15, 0.2) is 42.5 Å². The fourth-order valence-corrected chi connectivity index (χ4v) is 2.07. The van der Waals surface area contributed by atoms with Crippen molar-refractivity contribution in [1.82, 2.24) is 0 Å². The summed E-state index contributed by atoms with van der Waals surface area (Å²) in [6, 6.07) is 11.6. The molecule has 0 radical (unpaired) electrons. The van der Waals surface area contributed by atoms with E-state index in [2.05, 4.69) is 5.32 Å². The van der Waals surface area contributed by atoms with Crippen molar-refractivity contribution < 1.29 is 19.7 Å². The van der Waals surface area contributed by atoms with Crippen LogP contribution in [0.2, 0.25) is 0 Å². The zero-order valence-electron chi connectivity index (χ0n) is 12.4. The lowest BCUT2D eigenvalue weighted by Crippen LogP contribution is -2.34. The van der Waals surface area contributed by atoms with Gasteiger partial charge < -0.3 is 25.1 Å². The molecule has 6 nitrogen and oxygen atoms in total. The van der Waals surface area contributed by atoms with Crippen LogP contribution in [0.4, 0.5) is 5.69 Å². The molecule has 0 saturated carbocycles. The third kappa shape index (κ3) is 3.92. The molecule has 2 aromatic rings. The second-order valence-corrected chi connectivity index (χ2v) is 4.75. The third-order valence-electron chi connectivity index (χ3n) is 3.18. The molecule has 0 aliphatic heterocycles. The van der Waals surface area contributed by atoms with E-state index in [1.807, 2.05) is 6.07 Å². The summed E-state index contributed by atoms with van der Waals surface area (Å²) in [6.45, 7) is 2.10. The quantitative estimate of drug-likeness (QED) is 0.839. The van der Waals surface area contributed by atoms with Gasteiger partial charge in [-0.15, -0.1) is 0 Å². The number of carbonyl (C=O) groups excluding carboxylic acids is 1. The van der Waals surface area contributed by atoms with Gasteiger partial charge in [-0.05, 0) is 48.9 Å². The molecule has 0 aliphatic carbocycles. The van der Waals surface area contributed by atoms with Gasteiger partial charge in [-0.2, -0.15) is 5.26 Å². The number of aliphatic carboxylic acids is 1. The number of anilines is 1. The van der Waals surface area contributed by atoms with Crippen molar-refractivity contribution >= 4 is 11.7 Å². The number of nitriles is 1. The first-order chi connectivity index (χ1) is 11.0. The van der Waals surface area contributed by atoms with Crippen molar-refractivity contribution in [1.29, 1.82) is 5.26 Å². The predicted octanol–water partition coefficient (Wildman–Crippen LogP) is 1.57. The number of carboxylic acid groups (broad SMARTS) is 1. The van der Waals surface area contributed by atoms with Crippen molar-refractivity contribution in [2.75, 3.05) is 11.9 Å². The van der Waals surface area contributed by atoms with Crippen LogP contribution < -0.4 is 15.2 Å². The molecule has 6 heteroatoms. The topological polar surface area (TPSA) is 105 Å². The number of aromatic hydroxyl groups is 1. The van der Waals surface area contributed by atoms with Gasteiger partial charge in [0, 0.05) is 5.69 Å². The molecule has 0 amide bonds. The highest BCUT2D eigenvalue weighted by atomic mass is 16.5. The van der Waals surface area contributed by atoms with Crippen LogP contribution in [0.25, 0.3) is 0 Å². The molecule has 0 heterocycles. The highest BCUT2D eigenvalue weighted by Crippen LogP contribution is 2.30. The van der Waals surface area contributed by atoms with Crippen LogP contribution in [0.1, 0.15) is 24.1 Å². The molecule has 1 unspecified atom stereocenters. The first-order valence-electron chi connectivity index (χ1n) is 6.98. The monoisotopic (exact) mass is 311 g/mol. The van der Waals surface area contributed by atoms with Crippen LogP contribution in [0, 0.1) is 11.3 Å². The van der Waals surface area contributed by atoms with Crippen LogP contribution in [-0.2, 0) is 4.79 Å². The molecule has 23 heavy (non-hydrogen) atoms. The second-order valence-electron chi connectivity index (χ2n) is 4.75. The highest BCUT2D eigenvalue weighted by molar-refractivity contribution is 5.78. The van der Waals surface area contributed by atoms with Crippen molar-refractivity contribution in [3.63, 3.8) is 0 Å². The van der Waals surface area contributed by atoms with Gasteiger partial charge in [0.15, 0.2) is 11.5 Å². The number of hydrogen-bond acceptors (Lipinski definition) is 6. The highest BCUT2D eigenvalue weighted by Gasteiger charge is 2.15. The van der Waals surface area contributed by atoms with Gasteiger partial charge in [0.25, 0.3) is 0 Å². The Bertz CT molecular complexity index is 735. The Labute approximate surface area is 133 Å². The number of nitrogens with zero attached hydrogens (tertiary/aromatic N) is 1. The molecule has 0 aliphatic rings. The molecule has 0 spiro atoms. The van der Waals surface area contributed by atoms with E-state index in [1.54, 1.807) is 31.2 Å². The van der Waals surface area contributed by atoms with E-state index in [0.717, 1.165) is 0 Å². The van der Waals surface area contributed by atoms with Gasteiger partial charge >= 0.3 is 0 Å². The Kier molecular flexibility index (Phi) is 5.05. The normalized spacial score (nSPS) is 11.3. The molecular weight excluding hydrogens is 296 g/mol. The molecule has 0 fully saturated rings. The lowest BCUT2D eigenvalue weighted by atomic mass is 10.1. The van der Waals surface area contributed by atoms with Gasteiger partial charge in [-0.3, -0.25) is 0 Å². The van der Waals surface area contributed by atoms with E-state index in [4.69, 9.17) is 10.00 Å². The van der Waals surface area contributed by atoms with Crippen molar-refractivity contribution in [3.8, 4) is 17.6 Å². The second kappa shape index (κ2) is 7.18. The first-order valence-corrected chi connectivity index (χ1v) is 6.98. The number of phenolic OH excluding ortho intramolecular Hbond substituents is 1. The summed E-state index contributed by atoms with van der Waals surface area (Å²) in [5, 5.41) is 32.7. The molecule has 1 atom stereocenters. The Morgan fingerprint density at radius 1 is 1.35 bits per heavy atom. The summed E-state index contributed by atoms with van der Waals surface area (Å²) < 4.78 is 5.26. The molecule has 2 N–H and O–H groups in total. The Morgan fingerprint density at radius 2 is 2.04 bits per heavy atom. The molecule has 118 valence electrons. The number of hydrogen-bond donors (Lipinski definition) is 2. The fourth-order valence-electron chi connectivity index (χ4n) is 2.07. The Balaban J connectivity index is 2.29. The Morgan fingerprint density at radius 3 is 2.61 bits per heavy atom. The van der Waals surface area contributed by atoms with Crippen molar-refractivity contribution in [2.24, 2.45) is 0 Å². The van der Waals surface area contributed by atoms with Gasteiger partial charge in [-0.1, -0.05) is 6.07 Å². The number of carbonyl (C=O) groups is 1.